The van der Waals surface area contributed by atoms with Crippen LogP contribution in [0.25, 0.3) is 0 Å². The van der Waals surface area contributed by atoms with Crippen molar-refractivity contribution in [2.45, 2.75) is 91.1 Å². The van der Waals surface area contributed by atoms with E-state index in [0.29, 0.717) is 25.9 Å². The Morgan fingerprint density at radius 2 is 1.04 bits per heavy atom. The van der Waals surface area contributed by atoms with Crippen LogP contribution in [0.5, 0.6) is 0 Å². The molecule has 4 nitrogen and oxygen atoms in total. The van der Waals surface area contributed by atoms with E-state index in [1.807, 2.05) is 24.3 Å². The molecule has 0 saturated carbocycles. The predicted octanol–water partition coefficient (Wildman–Crippen LogP) is 4.86. The highest BCUT2D eigenvalue weighted by atomic mass is 16.2. The van der Waals surface area contributed by atoms with Gasteiger partial charge in [0.15, 0.2) is 0 Å². The first kappa shape index (κ1) is 22.2. The highest BCUT2D eigenvalue weighted by molar-refractivity contribution is 5.76. The van der Waals surface area contributed by atoms with Gasteiger partial charge in [-0.05, 0) is 24.0 Å². The van der Waals surface area contributed by atoms with Crippen molar-refractivity contribution in [1.29, 1.82) is 0 Å². The van der Waals surface area contributed by atoms with Gasteiger partial charge in [0.25, 0.3) is 0 Å². The Kier molecular flexibility index (Phi) is 12.2. The molecule has 0 aliphatic heterocycles. The van der Waals surface area contributed by atoms with Crippen LogP contribution in [0.4, 0.5) is 0 Å². The molecule has 0 unspecified atom stereocenters. The summed E-state index contributed by atoms with van der Waals surface area (Å²) in [6.45, 7) is 5.47. The average molecular weight is 361 g/mol. The lowest BCUT2D eigenvalue weighted by Gasteiger charge is -2.08. The normalized spacial score (nSPS) is 10.5. The molecule has 0 fully saturated rings. The van der Waals surface area contributed by atoms with Crippen molar-refractivity contribution in [3.63, 3.8) is 0 Å². The van der Waals surface area contributed by atoms with Crippen molar-refractivity contribution in [2.75, 3.05) is 0 Å². The SMILES string of the molecule is CCCCCCC(=O)NCc1ccc(CNC(=O)CCCCCC)cc1. The van der Waals surface area contributed by atoms with Gasteiger partial charge in [0.2, 0.25) is 11.8 Å². The summed E-state index contributed by atoms with van der Waals surface area (Å²) in [5.41, 5.74) is 2.17. The molecule has 0 heterocycles. The topological polar surface area (TPSA) is 58.2 Å². The molecule has 26 heavy (non-hydrogen) atoms. The van der Waals surface area contributed by atoms with Crippen molar-refractivity contribution in [1.82, 2.24) is 10.6 Å². The second-order valence-electron chi connectivity index (χ2n) is 6.99. The van der Waals surface area contributed by atoms with Crippen LogP contribution in [-0.2, 0) is 22.7 Å². The Morgan fingerprint density at radius 1 is 0.654 bits per heavy atom. The van der Waals surface area contributed by atoms with Gasteiger partial charge in [-0.3, -0.25) is 9.59 Å². The molecule has 2 N–H and O–H groups in total. The number of carbonyl (C=O) groups excluding carboxylic acids is 2. The molecule has 1 rings (SSSR count). The first-order valence-electron chi connectivity index (χ1n) is 10.3. The zero-order chi connectivity index (χ0) is 19.0. The fourth-order valence-corrected chi connectivity index (χ4v) is 2.78. The van der Waals surface area contributed by atoms with E-state index in [2.05, 4.69) is 24.5 Å². The molecule has 0 aliphatic carbocycles. The van der Waals surface area contributed by atoms with Crippen molar-refractivity contribution < 1.29 is 9.59 Å². The maximum atomic E-state index is 11.8. The minimum absolute atomic E-state index is 0.125. The molecule has 2 amide bonds. The number of carbonyl (C=O) groups is 2. The van der Waals surface area contributed by atoms with Crippen molar-refractivity contribution in [2.24, 2.45) is 0 Å². The van der Waals surface area contributed by atoms with Gasteiger partial charge in [0, 0.05) is 25.9 Å². The van der Waals surface area contributed by atoms with Crippen LogP contribution in [0, 0.1) is 0 Å². The summed E-state index contributed by atoms with van der Waals surface area (Å²) in [6, 6.07) is 8.06. The molecule has 146 valence electrons. The third kappa shape index (κ3) is 10.9. The highest BCUT2D eigenvalue weighted by Gasteiger charge is 2.03. The standard InChI is InChI=1S/C22H36N2O2/c1-3-5-7-9-11-21(25)23-17-19-13-15-20(16-14-19)18-24-22(26)12-10-8-6-4-2/h13-16H,3-12,17-18H2,1-2H3,(H,23,25)(H,24,26). The molecule has 0 aromatic heterocycles. The van der Waals surface area contributed by atoms with Crippen LogP contribution >= 0.6 is 0 Å². The second kappa shape index (κ2) is 14.3. The van der Waals surface area contributed by atoms with Gasteiger partial charge in [-0.2, -0.15) is 0 Å². The second-order valence-corrected chi connectivity index (χ2v) is 6.99. The van der Waals surface area contributed by atoms with Crippen molar-refractivity contribution in [3.05, 3.63) is 35.4 Å². The first-order chi connectivity index (χ1) is 12.7. The molecule has 0 atom stereocenters. The van der Waals surface area contributed by atoms with Gasteiger partial charge >= 0.3 is 0 Å². The Balaban J connectivity index is 2.20. The molecule has 0 spiro atoms. The minimum Gasteiger partial charge on any atom is -0.352 e. The lowest BCUT2D eigenvalue weighted by molar-refractivity contribution is -0.122. The lowest BCUT2D eigenvalue weighted by Crippen LogP contribution is -2.23. The Hall–Kier alpha value is -1.84. The summed E-state index contributed by atoms with van der Waals surface area (Å²) in [5, 5.41) is 5.94. The van der Waals surface area contributed by atoms with Crippen LogP contribution in [0.1, 0.15) is 89.2 Å². The van der Waals surface area contributed by atoms with Gasteiger partial charge in [-0.1, -0.05) is 76.6 Å². The summed E-state index contributed by atoms with van der Waals surface area (Å²) in [4.78, 5) is 23.6. The van der Waals surface area contributed by atoms with E-state index < -0.39 is 0 Å². The number of benzene rings is 1. The molecule has 0 saturated heterocycles. The number of unbranched alkanes of at least 4 members (excludes halogenated alkanes) is 6. The summed E-state index contributed by atoms with van der Waals surface area (Å²) < 4.78 is 0. The van der Waals surface area contributed by atoms with E-state index in [0.717, 1.165) is 36.8 Å². The van der Waals surface area contributed by atoms with E-state index in [1.54, 1.807) is 0 Å². The molecular formula is C22H36N2O2. The largest absolute Gasteiger partial charge is 0.352 e. The molecule has 0 bridgehead atoms. The molecule has 4 heteroatoms. The Labute approximate surface area is 159 Å². The van der Waals surface area contributed by atoms with E-state index in [4.69, 9.17) is 0 Å². The quantitative estimate of drug-likeness (QED) is 0.466. The van der Waals surface area contributed by atoms with Crippen LogP contribution < -0.4 is 10.6 Å². The Bertz CT molecular complexity index is 464. The van der Waals surface area contributed by atoms with Crippen molar-refractivity contribution >= 4 is 11.8 Å². The highest BCUT2D eigenvalue weighted by Crippen LogP contribution is 2.07. The predicted molar refractivity (Wildman–Crippen MR) is 108 cm³/mol. The zero-order valence-electron chi connectivity index (χ0n) is 16.6. The van der Waals surface area contributed by atoms with Gasteiger partial charge < -0.3 is 10.6 Å². The molecule has 0 radical (unpaired) electrons. The van der Waals surface area contributed by atoms with Gasteiger partial charge in [-0.15, -0.1) is 0 Å². The first-order valence-corrected chi connectivity index (χ1v) is 10.3. The van der Waals surface area contributed by atoms with E-state index in [9.17, 15) is 9.59 Å². The summed E-state index contributed by atoms with van der Waals surface area (Å²) in [5.74, 6) is 0.251. The van der Waals surface area contributed by atoms with Crippen LogP contribution in [0.15, 0.2) is 24.3 Å². The van der Waals surface area contributed by atoms with E-state index in [-0.39, 0.29) is 11.8 Å². The number of rotatable bonds is 14. The Morgan fingerprint density at radius 3 is 1.38 bits per heavy atom. The lowest BCUT2D eigenvalue weighted by atomic mass is 10.1. The molecule has 0 aliphatic rings. The number of amides is 2. The van der Waals surface area contributed by atoms with Gasteiger partial charge in [0.05, 0.1) is 0 Å². The maximum absolute atomic E-state index is 11.8. The smallest absolute Gasteiger partial charge is 0.220 e. The third-order valence-corrected chi connectivity index (χ3v) is 4.52. The molecular weight excluding hydrogens is 324 g/mol. The third-order valence-electron chi connectivity index (χ3n) is 4.52. The van der Waals surface area contributed by atoms with Gasteiger partial charge in [0.1, 0.15) is 0 Å². The molecule has 1 aromatic rings. The minimum atomic E-state index is 0.125. The van der Waals surface area contributed by atoms with Crippen LogP contribution in [-0.4, -0.2) is 11.8 Å². The van der Waals surface area contributed by atoms with E-state index in [1.165, 1.54) is 25.7 Å². The summed E-state index contributed by atoms with van der Waals surface area (Å²) in [7, 11) is 0. The number of hydrogen-bond acceptors (Lipinski definition) is 2. The van der Waals surface area contributed by atoms with Crippen LogP contribution in [0.2, 0.25) is 0 Å². The maximum Gasteiger partial charge on any atom is 0.220 e. The number of hydrogen-bond donors (Lipinski definition) is 2. The molecule has 1 aromatic carbocycles. The zero-order valence-corrected chi connectivity index (χ0v) is 16.6. The summed E-state index contributed by atoms with van der Waals surface area (Å²) >= 11 is 0. The van der Waals surface area contributed by atoms with E-state index >= 15 is 0 Å². The average Bonchev–Trinajstić information content (AvgIpc) is 2.66. The number of nitrogens with one attached hydrogen (secondary N) is 2. The summed E-state index contributed by atoms with van der Waals surface area (Å²) in [6.07, 6.45) is 10.2. The monoisotopic (exact) mass is 360 g/mol. The fourth-order valence-electron chi connectivity index (χ4n) is 2.78. The fraction of sp³-hybridized carbons (Fsp3) is 0.636. The van der Waals surface area contributed by atoms with Crippen LogP contribution in [0.3, 0.4) is 0 Å². The van der Waals surface area contributed by atoms with Gasteiger partial charge in [-0.25, -0.2) is 0 Å². The van der Waals surface area contributed by atoms with Crippen molar-refractivity contribution in [3.8, 4) is 0 Å².